The lowest BCUT2D eigenvalue weighted by Crippen LogP contribution is -2.34. The number of amides is 1. The lowest BCUT2D eigenvalue weighted by atomic mass is 10.3. The number of hydrogen-bond donors (Lipinski definition) is 1. The van der Waals surface area contributed by atoms with E-state index in [0.717, 1.165) is 0 Å². The standard InChI is InChI=1S/C11H14ClF4N3O2/c1-5(11(20)17-3-4-21-2)19-8(10(15)16)6(12)7(18-19)9(13)14/h5,9-10H,3-4H2,1-2H3,(H,17,20). The summed E-state index contributed by atoms with van der Waals surface area (Å²) in [4.78, 5) is 11.8. The second-order valence-electron chi connectivity index (χ2n) is 4.09. The normalized spacial score (nSPS) is 13.0. The number of alkyl halides is 4. The molecule has 1 N–H and O–H groups in total. The minimum Gasteiger partial charge on any atom is -0.383 e. The fourth-order valence-electron chi connectivity index (χ4n) is 1.61. The molecule has 0 spiro atoms. The molecule has 120 valence electrons. The average molecular weight is 332 g/mol. The van der Waals surface area contributed by atoms with Crippen LogP contribution in [0.4, 0.5) is 17.6 Å². The summed E-state index contributed by atoms with van der Waals surface area (Å²) in [5, 5.41) is 4.93. The van der Waals surface area contributed by atoms with E-state index in [-0.39, 0.29) is 13.2 Å². The van der Waals surface area contributed by atoms with Gasteiger partial charge in [-0.2, -0.15) is 5.10 Å². The van der Waals surface area contributed by atoms with E-state index in [0.29, 0.717) is 4.68 Å². The zero-order valence-corrected chi connectivity index (χ0v) is 12.0. The number of hydrogen-bond acceptors (Lipinski definition) is 3. The Morgan fingerprint density at radius 3 is 2.48 bits per heavy atom. The van der Waals surface area contributed by atoms with E-state index in [9.17, 15) is 22.4 Å². The first-order valence-corrected chi connectivity index (χ1v) is 6.29. The lowest BCUT2D eigenvalue weighted by molar-refractivity contribution is -0.124. The summed E-state index contributed by atoms with van der Waals surface area (Å²) >= 11 is 5.50. The summed E-state index contributed by atoms with van der Waals surface area (Å²) < 4.78 is 56.5. The van der Waals surface area contributed by atoms with Crippen molar-refractivity contribution in [1.29, 1.82) is 0 Å². The molecular weight excluding hydrogens is 318 g/mol. The number of halogens is 5. The van der Waals surface area contributed by atoms with Gasteiger partial charge < -0.3 is 10.1 Å². The molecule has 0 saturated carbocycles. The van der Waals surface area contributed by atoms with Crippen molar-refractivity contribution in [3.63, 3.8) is 0 Å². The molecule has 0 aliphatic heterocycles. The lowest BCUT2D eigenvalue weighted by Gasteiger charge is -2.15. The SMILES string of the molecule is COCCNC(=O)C(C)n1nc(C(F)F)c(Cl)c1C(F)F. The van der Waals surface area contributed by atoms with Crippen molar-refractivity contribution in [3.8, 4) is 0 Å². The highest BCUT2D eigenvalue weighted by Crippen LogP contribution is 2.36. The van der Waals surface area contributed by atoms with Gasteiger partial charge in [0.1, 0.15) is 17.4 Å². The van der Waals surface area contributed by atoms with Gasteiger partial charge in [0.25, 0.3) is 12.9 Å². The molecule has 0 aliphatic rings. The number of nitrogens with one attached hydrogen (secondary N) is 1. The number of ether oxygens (including phenoxy) is 1. The number of methoxy groups -OCH3 is 1. The Morgan fingerprint density at radius 1 is 1.38 bits per heavy atom. The fraction of sp³-hybridized carbons (Fsp3) is 0.636. The van der Waals surface area contributed by atoms with Crippen LogP contribution in [0.1, 0.15) is 37.2 Å². The van der Waals surface area contributed by atoms with Crippen molar-refractivity contribution < 1.29 is 27.1 Å². The zero-order chi connectivity index (χ0) is 16.2. The van der Waals surface area contributed by atoms with E-state index < -0.39 is 41.2 Å². The highest BCUT2D eigenvalue weighted by atomic mass is 35.5. The van der Waals surface area contributed by atoms with E-state index in [1.165, 1.54) is 14.0 Å². The Kier molecular flexibility index (Phi) is 6.41. The molecule has 5 nitrogen and oxygen atoms in total. The number of rotatable bonds is 7. The van der Waals surface area contributed by atoms with Gasteiger partial charge in [-0.1, -0.05) is 11.6 Å². The van der Waals surface area contributed by atoms with Gasteiger partial charge in [-0.25, -0.2) is 22.2 Å². The number of carbonyl (C=O) groups excluding carboxylic acids is 1. The Balaban J connectivity index is 3.05. The summed E-state index contributed by atoms with van der Waals surface area (Å²) in [6, 6.07) is -1.21. The predicted octanol–water partition coefficient (Wildman–Crippen LogP) is 2.74. The molecule has 0 bridgehead atoms. The molecule has 1 unspecified atom stereocenters. The first kappa shape index (κ1) is 17.7. The molecule has 10 heteroatoms. The molecule has 0 fully saturated rings. The van der Waals surface area contributed by atoms with Gasteiger partial charge in [-0.3, -0.25) is 4.79 Å². The van der Waals surface area contributed by atoms with Crippen molar-refractivity contribution >= 4 is 17.5 Å². The molecule has 1 aromatic rings. The predicted molar refractivity (Wildman–Crippen MR) is 66.7 cm³/mol. The monoisotopic (exact) mass is 331 g/mol. The average Bonchev–Trinajstić information content (AvgIpc) is 2.75. The second kappa shape index (κ2) is 7.60. The Morgan fingerprint density at radius 2 is 2.00 bits per heavy atom. The van der Waals surface area contributed by atoms with E-state index in [1.807, 2.05) is 0 Å². The molecule has 0 aromatic carbocycles. The maximum atomic E-state index is 13.0. The fourth-order valence-corrected chi connectivity index (χ4v) is 1.90. The number of aromatic nitrogens is 2. The van der Waals surface area contributed by atoms with Gasteiger partial charge in [0.2, 0.25) is 5.91 Å². The molecule has 0 aliphatic carbocycles. The third-order valence-electron chi connectivity index (χ3n) is 2.68. The summed E-state index contributed by atoms with van der Waals surface area (Å²) in [5.74, 6) is -0.658. The summed E-state index contributed by atoms with van der Waals surface area (Å²) in [7, 11) is 1.42. The molecular formula is C11H14ClF4N3O2. The quantitative estimate of drug-likeness (QED) is 0.617. The van der Waals surface area contributed by atoms with Crippen LogP contribution in [0.15, 0.2) is 0 Å². The van der Waals surface area contributed by atoms with Crippen LogP contribution in [0.5, 0.6) is 0 Å². The van der Waals surface area contributed by atoms with Gasteiger partial charge in [0, 0.05) is 13.7 Å². The largest absolute Gasteiger partial charge is 0.383 e. The topological polar surface area (TPSA) is 56.1 Å². The third-order valence-corrected chi connectivity index (χ3v) is 3.06. The van der Waals surface area contributed by atoms with Crippen LogP contribution < -0.4 is 5.32 Å². The van der Waals surface area contributed by atoms with Crippen LogP contribution in [0.3, 0.4) is 0 Å². The highest BCUT2D eigenvalue weighted by Gasteiger charge is 2.31. The summed E-state index contributed by atoms with van der Waals surface area (Å²) in [5.41, 5.74) is -1.87. The van der Waals surface area contributed by atoms with Crippen molar-refractivity contribution in [2.24, 2.45) is 0 Å². The van der Waals surface area contributed by atoms with Crippen LogP contribution in [0, 0.1) is 0 Å². The molecule has 0 radical (unpaired) electrons. The van der Waals surface area contributed by atoms with Crippen molar-refractivity contribution in [2.75, 3.05) is 20.3 Å². The Labute approximate surface area is 123 Å². The van der Waals surface area contributed by atoms with Gasteiger partial charge in [-0.05, 0) is 6.92 Å². The van der Waals surface area contributed by atoms with E-state index in [1.54, 1.807) is 0 Å². The number of carbonyl (C=O) groups is 1. The minimum atomic E-state index is -3.13. The maximum absolute atomic E-state index is 13.0. The summed E-state index contributed by atoms with van der Waals surface area (Å²) in [6.45, 7) is 1.63. The van der Waals surface area contributed by atoms with Crippen LogP contribution in [-0.2, 0) is 9.53 Å². The first-order valence-electron chi connectivity index (χ1n) is 5.92. The molecule has 0 saturated heterocycles. The van der Waals surface area contributed by atoms with Crippen LogP contribution in [-0.4, -0.2) is 35.9 Å². The van der Waals surface area contributed by atoms with E-state index >= 15 is 0 Å². The van der Waals surface area contributed by atoms with Gasteiger partial charge in [-0.15, -0.1) is 0 Å². The molecule has 21 heavy (non-hydrogen) atoms. The van der Waals surface area contributed by atoms with Gasteiger partial charge >= 0.3 is 0 Å². The van der Waals surface area contributed by atoms with Crippen LogP contribution in [0.2, 0.25) is 5.02 Å². The molecule has 1 aromatic heterocycles. The van der Waals surface area contributed by atoms with E-state index in [2.05, 4.69) is 10.4 Å². The van der Waals surface area contributed by atoms with Gasteiger partial charge in [0.05, 0.1) is 11.6 Å². The zero-order valence-electron chi connectivity index (χ0n) is 11.2. The molecule has 1 atom stereocenters. The van der Waals surface area contributed by atoms with Crippen LogP contribution in [0.25, 0.3) is 0 Å². The van der Waals surface area contributed by atoms with Gasteiger partial charge in [0.15, 0.2) is 0 Å². The van der Waals surface area contributed by atoms with Crippen molar-refractivity contribution in [3.05, 3.63) is 16.4 Å². The molecule has 1 amide bonds. The number of nitrogens with zero attached hydrogens (tertiary/aromatic N) is 2. The van der Waals surface area contributed by atoms with E-state index in [4.69, 9.17) is 16.3 Å². The minimum absolute atomic E-state index is 0.153. The Bertz CT molecular complexity index is 496. The maximum Gasteiger partial charge on any atom is 0.283 e. The van der Waals surface area contributed by atoms with Crippen molar-refractivity contribution in [2.45, 2.75) is 25.8 Å². The highest BCUT2D eigenvalue weighted by molar-refractivity contribution is 6.32. The second-order valence-corrected chi connectivity index (χ2v) is 4.47. The smallest absolute Gasteiger partial charge is 0.283 e. The molecule has 1 heterocycles. The first-order chi connectivity index (χ1) is 9.81. The Hall–Kier alpha value is -1.35. The van der Waals surface area contributed by atoms with Crippen molar-refractivity contribution in [1.82, 2.24) is 15.1 Å². The molecule has 1 rings (SSSR count). The summed E-state index contributed by atoms with van der Waals surface area (Å²) in [6.07, 6.45) is -6.24. The third kappa shape index (κ3) is 4.07. The van der Waals surface area contributed by atoms with Crippen LogP contribution >= 0.6 is 11.6 Å².